The molecule has 0 spiro atoms. The van der Waals surface area contributed by atoms with Gasteiger partial charge in [0, 0.05) is 0 Å². The second kappa shape index (κ2) is 8.75. The molecule has 0 saturated carbocycles. The first-order valence-corrected chi connectivity index (χ1v) is 7.43. The normalized spacial score (nSPS) is 10.6. The van der Waals surface area contributed by atoms with Crippen LogP contribution in [0.4, 0.5) is 5.69 Å². The third-order valence-electron chi connectivity index (χ3n) is 2.43. The predicted molar refractivity (Wildman–Crippen MR) is 77.0 cm³/mol. The van der Waals surface area contributed by atoms with Gasteiger partial charge < -0.3 is 5.92 Å². The van der Waals surface area contributed by atoms with Crippen LogP contribution < -0.4 is 0 Å². The molecule has 0 bridgehead atoms. The first-order chi connectivity index (χ1) is 8.31. The Morgan fingerprint density at radius 3 is 1.50 bits per heavy atom. The van der Waals surface area contributed by atoms with Gasteiger partial charge in [-0.05, 0) is 0 Å². The fourth-order valence-electron chi connectivity index (χ4n) is 1.62. The average molecular weight is 328 g/mol. The average Bonchev–Trinajstić information content (AvgIpc) is 2.26. The van der Waals surface area contributed by atoms with Crippen LogP contribution in [0.15, 0.2) is 21.7 Å². The molecule has 0 aliphatic heterocycles. The molecule has 0 amide bonds. The third-order valence-corrected chi connectivity index (χ3v) is 2.88. The van der Waals surface area contributed by atoms with Crippen LogP contribution in [0.5, 0.6) is 0 Å². The van der Waals surface area contributed by atoms with Gasteiger partial charge in [0.1, 0.15) is 0 Å². The maximum absolute atomic E-state index is 4.42. The number of nitrogens with zero attached hydrogens (tertiary/aromatic N) is 1. The van der Waals surface area contributed by atoms with Gasteiger partial charge in [-0.1, -0.05) is 0 Å². The predicted octanol–water partition coefficient (Wildman–Crippen LogP) is 5.92. The quantitative estimate of drug-likeness (QED) is 0.483. The number of hydrogen-bond donors (Lipinski definition) is 0. The molecular formula is C16H26MoN-. The van der Waals surface area contributed by atoms with Crippen LogP contribution in [0.25, 0.3) is 0 Å². The van der Waals surface area contributed by atoms with E-state index in [1.807, 2.05) is 19.6 Å². The molecule has 0 saturated heterocycles. The second-order valence-electron chi connectivity index (χ2n) is 5.69. The Morgan fingerprint density at radius 1 is 0.944 bits per heavy atom. The zero-order chi connectivity index (χ0) is 14.3. The minimum absolute atomic E-state index is 0.550. The molecule has 0 aromatic heterocycles. The standard InChI is InChI=1S/C12H17N.C4H9.Mo/c1-8(2)10-6-5-7-11(9(3)4)12(10)13;1-4(2)3;/h5-9H,1-4H3;1-3H3;/q;-1;. The summed E-state index contributed by atoms with van der Waals surface area (Å²) in [7, 11) is 0. The van der Waals surface area contributed by atoms with E-state index in [4.69, 9.17) is 0 Å². The number of benzene rings is 1. The van der Waals surface area contributed by atoms with Crippen LogP contribution in [-0.2, 0) is 19.6 Å². The maximum Gasteiger partial charge on any atom is -0.189 e. The summed E-state index contributed by atoms with van der Waals surface area (Å²) in [5.74, 6) is 2.52. The van der Waals surface area contributed by atoms with Crippen molar-refractivity contribution in [3.05, 3.63) is 35.2 Å². The van der Waals surface area contributed by atoms with Crippen LogP contribution in [0, 0.1) is 5.92 Å². The molecule has 0 fully saturated rings. The van der Waals surface area contributed by atoms with E-state index in [-0.39, 0.29) is 0 Å². The minimum atomic E-state index is 0.550. The van der Waals surface area contributed by atoms with Crippen LogP contribution in [0.2, 0.25) is 0 Å². The summed E-state index contributed by atoms with van der Waals surface area (Å²) >= 11 is 1.81. The van der Waals surface area contributed by atoms with Gasteiger partial charge in [-0.3, -0.25) is 0 Å². The summed E-state index contributed by atoms with van der Waals surface area (Å²) < 4.78 is 4.42. The fourth-order valence-corrected chi connectivity index (χ4v) is 2.14. The molecule has 2 heteroatoms. The van der Waals surface area contributed by atoms with Gasteiger partial charge in [-0.2, -0.15) is 20.8 Å². The van der Waals surface area contributed by atoms with Gasteiger partial charge in [-0.15, -0.1) is 0 Å². The van der Waals surface area contributed by atoms with E-state index in [0.717, 1.165) is 0 Å². The van der Waals surface area contributed by atoms with E-state index in [1.165, 1.54) is 22.7 Å². The summed E-state index contributed by atoms with van der Waals surface area (Å²) in [6.07, 6.45) is 0. The molecule has 1 aromatic rings. The number of hydrogen-bond acceptors (Lipinski definition) is 1. The summed E-state index contributed by atoms with van der Waals surface area (Å²) in [6, 6.07) is 6.50. The largest absolute Gasteiger partial charge is 0.323 e. The SMILES string of the molecule is CC(C)c1cccc(C(C)C)c1[N]=[Mo].C[C-](C)C. The molecule has 0 aliphatic rings. The molecule has 0 heterocycles. The molecule has 102 valence electrons. The molecule has 0 aliphatic carbocycles. The van der Waals surface area contributed by atoms with Gasteiger partial charge in [0.2, 0.25) is 0 Å². The van der Waals surface area contributed by atoms with Crippen molar-refractivity contribution < 1.29 is 19.6 Å². The molecule has 1 rings (SSSR count). The van der Waals surface area contributed by atoms with Gasteiger partial charge in [0.15, 0.2) is 0 Å². The minimum Gasteiger partial charge on any atom is -0.323 e. The second-order valence-corrected chi connectivity index (χ2v) is 6.13. The summed E-state index contributed by atoms with van der Waals surface area (Å²) in [5.41, 5.74) is 3.92. The molecule has 1 nitrogen and oxygen atoms in total. The van der Waals surface area contributed by atoms with Crippen molar-refractivity contribution in [2.75, 3.05) is 0 Å². The third kappa shape index (κ3) is 6.05. The van der Waals surface area contributed by atoms with Crippen LogP contribution in [0.3, 0.4) is 0 Å². The van der Waals surface area contributed by atoms with E-state index in [0.29, 0.717) is 11.8 Å². The van der Waals surface area contributed by atoms with Crippen molar-refractivity contribution in [1.29, 1.82) is 0 Å². The summed E-state index contributed by atoms with van der Waals surface area (Å²) in [6.45, 7) is 15.1. The monoisotopic (exact) mass is 330 g/mol. The van der Waals surface area contributed by atoms with Crippen LogP contribution in [0.1, 0.15) is 71.4 Å². The van der Waals surface area contributed by atoms with E-state index >= 15 is 0 Å². The Bertz CT molecular complexity index is 338. The van der Waals surface area contributed by atoms with Crippen molar-refractivity contribution in [2.45, 2.75) is 60.3 Å². The van der Waals surface area contributed by atoms with E-state index < -0.39 is 0 Å². The van der Waals surface area contributed by atoms with Gasteiger partial charge >= 0.3 is 97.7 Å². The van der Waals surface area contributed by atoms with E-state index in [2.05, 4.69) is 70.2 Å². The summed E-state index contributed by atoms with van der Waals surface area (Å²) in [4.78, 5) is 0. The smallest absolute Gasteiger partial charge is 0.189 e. The molecule has 0 N–H and O–H groups in total. The van der Waals surface area contributed by atoms with Crippen molar-refractivity contribution in [3.63, 3.8) is 0 Å². The summed E-state index contributed by atoms with van der Waals surface area (Å²) in [5, 5.41) is 0. The van der Waals surface area contributed by atoms with E-state index in [9.17, 15) is 0 Å². The maximum atomic E-state index is 4.42. The van der Waals surface area contributed by atoms with Crippen molar-refractivity contribution in [2.24, 2.45) is 3.50 Å². The van der Waals surface area contributed by atoms with Crippen LogP contribution >= 0.6 is 0 Å². The van der Waals surface area contributed by atoms with Gasteiger partial charge in [0.05, 0.1) is 0 Å². The molecule has 0 atom stereocenters. The zero-order valence-corrected chi connectivity index (χ0v) is 14.7. The Labute approximate surface area is 124 Å². The van der Waals surface area contributed by atoms with Crippen LogP contribution in [-0.4, -0.2) is 0 Å². The van der Waals surface area contributed by atoms with Crippen molar-refractivity contribution in [1.82, 2.24) is 0 Å². The van der Waals surface area contributed by atoms with Gasteiger partial charge in [-0.25, -0.2) is 0 Å². The molecule has 1 aromatic carbocycles. The molecule has 0 radical (unpaired) electrons. The molecule has 0 unspecified atom stereocenters. The first kappa shape index (κ1) is 17.7. The molecule has 18 heavy (non-hydrogen) atoms. The van der Waals surface area contributed by atoms with E-state index in [1.54, 1.807) is 0 Å². The van der Waals surface area contributed by atoms with Crippen molar-refractivity contribution >= 4 is 5.69 Å². The Kier molecular flexibility index (Phi) is 8.61. The fraction of sp³-hybridized carbons (Fsp3) is 0.562. The van der Waals surface area contributed by atoms with Crippen molar-refractivity contribution in [3.8, 4) is 0 Å². The Balaban J connectivity index is 0.000000631. The first-order valence-electron chi connectivity index (χ1n) is 6.54. The van der Waals surface area contributed by atoms with Gasteiger partial charge in [0.25, 0.3) is 0 Å². The number of rotatable bonds is 3. The topological polar surface area (TPSA) is 12.4 Å². The Hall–Kier alpha value is -0.292. The Morgan fingerprint density at radius 2 is 1.28 bits per heavy atom. The zero-order valence-electron chi connectivity index (χ0n) is 12.7. The molecular weight excluding hydrogens is 302 g/mol.